The van der Waals surface area contributed by atoms with E-state index >= 15 is 0 Å². The Morgan fingerprint density at radius 1 is 1.12 bits per heavy atom. The minimum atomic E-state index is -0.502. The molecule has 1 aliphatic rings. The van der Waals surface area contributed by atoms with Gasteiger partial charge in [-0.2, -0.15) is 5.26 Å². The standard InChI is InChI=1S/C18H15N3O2S/c19-10-13-6-8-15(9-7-13)20-17(22)16-11-24-12-21(16)18(23)14-4-2-1-3-5-14/h1-9,16H,11-12H2,(H,20,22)/t16-/m0/s1. The summed E-state index contributed by atoms with van der Waals surface area (Å²) < 4.78 is 0. The smallest absolute Gasteiger partial charge is 0.255 e. The Bertz CT molecular complexity index is 784. The van der Waals surface area contributed by atoms with Crippen molar-refractivity contribution >= 4 is 29.3 Å². The van der Waals surface area contributed by atoms with Gasteiger partial charge < -0.3 is 10.2 Å². The molecule has 1 aliphatic heterocycles. The van der Waals surface area contributed by atoms with E-state index in [1.165, 1.54) is 0 Å². The second-order valence-electron chi connectivity index (χ2n) is 5.34. The Labute approximate surface area is 144 Å². The molecule has 120 valence electrons. The number of carbonyl (C=O) groups excluding carboxylic acids is 2. The SMILES string of the molecule is N#Cc1ccc(NC(=O)[C@@H]2CSCN2C(=O)c2ccccc2)cc1. The summed E-state index contributed by atoms with van der Waals surface area (Å²) in [6, 6.07) is 17.2. The highest BCUT2D eigenvalue weighted by Gasteiger charge is 2.35. The number of anilines is 1. The summed E-state index contributed by atoms with van der Waals surface area (Å²) in [5.41, 5.74) is 1.73. The predicted octanol–water partition coefficient (Wildman–Crippen LogP) is 2.71. The fraction of sp³-hybridized carbons (Fsp3) is 0.167. The summed E-state index contributed by atoms with van der Waals surface area (Å²) >= 11 is 1.56. The number of nitriles is 1. The van der Waals surface area contributed by atoms with E-state index in [2.05, 4.69) is 5.32 Å². The van der Waals surface area contributed by atoms with Crippen LogP contribution in [0.15, 0.2) is 54.6 Å². The van der Waals surface area contributed by atoms with Gasteiger partial charge in [0, 0.05) is 17.0 Å². The third-order valence-electron chi connectivity index (χ3n) is 3.75. The van der Waals surface area contributed by atoms with Crippen molar-refractivity contribution in [3.63, 3.8) is 0 Å². The molecule has 0 aromatic heterocycles. The van der Waals surface area contributed by atoms with Crippen LogP contribution in [-0.4, -0.2) is 34.4 Å². The summed E-state index contributed by atoms with van der Waals surface area (Å²) in [5.74, 6) is 0.717. The zero-order chi connectivity index (χ0) is 16.9. The molecular formula is C18H15N3O2S. The first-order chi connectivity index (χ1) is 11.7. The minimum Gasteiger partial charge on any atom is -0.324 e. The van der Waals surface area contributed by atoms with Gasteiger partial charge in [0.1, 0.15) is 6.04 Å². The van der Waals surface area contributed by atoms with Crippen LogP contribution in [0.25, 0.3) is 0 Å². The van der Waals surface area contributed by atoms with Crippen molar-refractivity contribution in [1.29, 1.82) is 5.26 Å². The Kier molecular flexibility index (Phi) is 4.82. The van der Waals surface area contributed by atoms with Gasteiger partial charge in [-0.1, -0.05) is 18.2 Å². The van der Waals surface area contributed by atoms with Gasteiger partial charge in [-0.3, -0.25) is 9.59 Å². The van der Waals surface area contributed by atoms with Crippen LogP contribution in [0.5, 0.6) is 0 Å². The van der Waals surface area contributed by atoms with Crippen LogP contribution in [-0.2, 0) is 4.79 Å². The van der Waals surface area contributed by atoms with Gasteiger partial charge in [-0.25, -0.2) is 0 Å². The van der Waals surface area contributed by atoms with E-state index in [1.54, 1.807) is 53.1 Å². The quantitative estimate of drug-likeness (QED) is 0.934. The zero-order valence-electron chi connectivity index (χ0n) is 12.8. The Morgan fingerprint density at radius 3 is 2.50 bits per heavy atom. The lowest BCUT2D eigenvalue weighted by Crippen LogP contribution is -2.44. The maximum Gasteiger partial charge on any atom is 0.255 e. The van der Waals surface area contributed by atoms with E-state index in [9.17, 15) is 9.59 Å². The summed E-state index contributed by atoms with van der Waals surface area (Å²) in [5, 5.41) is 11.6. The van der Waals surface area contributed by atoms with Gasteiger partial charge in [0.25, 0.3) is 5.91 Å². The van der Waals surface area contributed by atoms with Crippen molar-refractivity contribution in [2.24, 2.45) is 0 Å². The van der Waals surface area contributed by atoms with Crippen molar-refractivity contribution < 1.29 is 9.59 Å². The molecule has 2 amide bonds. The van der Waals surface area contributed by atoms with Gasteiger partial charge in [0.05, 0.1) is 17.5 Å². The summed E-state index contributed by atoms with van der Waals surface area (Å²) in [6.45, 7) is 0. The largest absolute Gasteiger partial charge is 0.324 e. The number of nitrogens with zero attached hydrogens (tertiary/aromatic N) is 2. The molecule has 3 rings (SSSR count). The van der Waals surface area contributed by atoms with E-state index in [-0.39, 0.29) is 11.8 Å². The number of rotatable bonds is 3. The molecule has 2 aromatic carbocycles. The van der Waals surface area contributed by atoms with Gasteiger partial charge >= 0.3 is 0 Å². The van der Waals surface area contributed by atoms with Gasteiger partial charge in [-0.05, 0) is 36.4 Å². The zero-order valence-corrected chi connectivity index (χ0v) is 13.6. The number of carbonyl (C=O) groups is 2. The number of thioether (sulfide) groups is 1. The van der Waals surface area contributed by atoms with Gasteiger partial charge in [0.2, 0.25) is 5.91 Å². The number of benzene rings is 2. The maximum atomic E-state index is 12.6. The number of amides is 2. The highest BCUT2D eigenvalue weighted by atomic mass is 32.2. The highest BCUT2D eigenvalue weighted by molar-refractivity contribution is 7.99. The molecule has 6 heteroatoms. The normalized spacial score (nSPS) is 16.5. The molecule has 0 bridgehead atoms. The van der Waals surface area contributed by atoms with E-state index in [0.717, 1.165) is 0 Å². The predicted molar refractivity (Wildman–Crippen MR) is 93.5 cm³/mol. The molecule has 0 unspecified atom stereocenters. The van der Waals surface area contributed by atoms with Crippen LogP contribution in [0, 0.1) is 11.3 Å². The van der Waals surface area contributed by atoms with Crippen molar-refractivity contribution in [3.05, 3.63) is 65.7 Å². The molecular weight excluding hydrogens is 322 g/mol. The highest BCUT2D eigenvalue weighted by Crippen LogP contribution is 2.24. The summed E-state index contributed by atoms with van der Waals surface area (Å²) in [4.78, 5) is 26.7. The van der Waals surface area contributed by atoms with Gasteiger partial charge in [-0.15, -0.1) is 11.8 Å². The van der Waals surface area contributed by atoms with E-state index in [4.69, 9.17) is 5.26 Å². The molecule has 5 nitrogen and oxygen atoms in total. The first-order valence-electron chi connectivity index (χ1n) is 7.44. The lowest BCUT2D eigenvalue weighted by molar-refractivity contribution is -0.119. The Morgan fingerprint density at radius 2 is 1.83 bits per heavy atom. The van der Waals surface area contributed by atoms with Crippen molar-refractivity contribution in [2.75, 3.05) is 16.9 Å². The second-order valence-corrected chi connectivity index (χ2v) is 6.33. The maximum absolute atomic E-state index is 12.6. The van der Waals surface area contributed by atoms with Gasteiger partial charge in [0.15, 0.2) is 0 Å². The van der Waals surface area contributed by atoms with Crippen molar-refractivity contribution in [3.8, 4) is 6.07 Å². The van der Waals surface area contributed by atoms with Crippen LogP contribution in [0.1, 0.15) is 15.9 Å². The van der Waals surface area contributed by atoms with Crippen LogP contribution in [0.3, 0.4) is 0 Å². The van der Waals surface area contributed by atoms with Crippen molar-refractivity contribution in [2.45, 2.75) is 6.04 Å². The molecule has 1 N–H and O–H groups in total. The molecule has 0 spiro atoms. The van der Waals surface area contributed by atoms with Crippen LogP contribution in [0.4, 0.5) is 5.69 Å². The van der Waals surface area contributed by atoms with Crippen LogP contribution < -0.4 is 5.32 Å². The lowest BCUT2D eigenvalue weighted by Gasteiger charge is -2.23. The molecule has 0 saturated carbocycles. The fourth-order valence-corrected chi connectivity index (χ4v) is 3.61. The van der Waals surface area contributed by atoms with Crippen LogP contribution in [0.2, 0.25) is 0 Å². The van der Waals surface area contributed by atoms with E-state index in [1.807, 2.05) is 24.3 Å². The third-order valence-corrected chi connectivity index (χ3v) is 4.76. The second kappa shape index (κ2) is 7.20. The molecule has 0 aliphatic carbocycles. The summed E-state index contributed by atoms with van der Waals surface area (Å²) in [7, 11) is 0. The summed E-state index contributed by atoms with van der Waals surface area (Å²) in [6.07, 6.45) is 0. The number of hydrogen-bond donors (Lipinski definition) is 1. The minimum absolute atomic E-state index is 0.138. The molecule has 2 aromatic rings. The Hall–Kier alpha value is -2.78. The third kappa shape index (κ3) is 3.42. The average molecular weight is 337 g/mol. The fourth-order valence-electron chi connectivity index (χ4n) is 2.46. The molecule has 1 fully saturated rings. The molecule has 1 atom stereocenters. The van der Waals surface area contributed by atoms with Crippen molar-refractivity contribution in [1.82, 2.24) is 4.90 Å². The molecule has 1 saturated heterocycles. The monoisotopic (exact) mass is 337 g/mol. The Balaban J connectivity index is 1.71. The topological polar surface area (TPSA) is 73.2 Å². The number of hydrogen-bond acceptors (Lipinski definition) is 4. The number of nitrogens with one attached hydrogen (secondary N) is 1. The molecule has 0 radical (unpaired) electrons. The lowest BCUT2D eigenvalue weighted by atomic mass is 10.1. The molecule has 1 heterocycles. The van der Waals surface area contributed by atoms with E-state index in [0.29, 0.717) is 28.4 Å². The first kappa shape index (κ1) is 16.1. The van der Waals surface area contributed by atoms with E-state index < -0.39 is 6.04 Å². The first-order valence-corrected chi connectivity index (χ1v) is 8.59. The molecule has 24 heavy (non-hydrogen) atoms. The van der Waals surface area contributed by atoms with Crippen LogP contribution >= 0.6 is 11.8 Å². The average Bonchev–Trinajstić information content (AvgIpc) is 3.12.